The van der Waals surface area contributed by atoms with E-state index in [9.17, 15) is 9.59 Å². The van der Waals surface area contributed by atoms with Gasteiger partial charge in [-0.2, -0.15) is 0 Å². The van der Waals surface area contributed by atoms with Crippen molar-refractivity contribution in [2.45, 2.75) is 39.3 Å². The molecule has 7 heteroatoms. The van der Waals surface area contributed by atoms with Crippen molar-refractivity contribution in [3.05, 3.63) is 60.1 Å². The SMILES string of the molecule is CC(=O)N1c2ccc(C(C=NCc3cccnc3)=CN)cc2N(C(=O)C2CC2)CC1C. The number of carbonyl (C=O) groups is 2. The molecule has 1 aliphatic carbocycles. The highest BCUT2D eigenvalue weighted by Crippen LogP contribution is 2.41. The minimum Gasteiger partial charge on any atom is -0.404 e. The number of amides is 2. The smallest absolute Gasteiger partial charge is 0.230 e. The Kier molecular flexibility index (Phi) is 5.84. The Hall–Kier alpha value is -3.48. The second-order valence-corrected chi connectivity index (χ2v) is 8.12. The summed E-state index contributed by atoms with van der Waals surface area (Å²) in [6.45, 7) is 4.52. The molecule has 2 aliphatic rings. The molecule has 0 saturated heterocycles. The normalized spacial score (nSPS) is 18.9. The summed E-state index contributed by atoms with van der Waals surface area (Å²) in [6.07, 6.45) is 8.62. The number of nitrogens with two attached hydrogens (primary N) is 1. The van der Waals surface area contributed by atoms with Crippen LogP contribution < -0.4 is 15.5 Å². The van der Waals surface area contributed by atoms with Crippen LogP contribution in [-0.4, -0.2) is 35.6 Å². The van der Waals surface area contributed by atoms with Crippen molar-refractivity contribution >= 4 is 35.0 Å². The molecule has 2 N–H and O–H groups in total. The summed E-state index contributed by atoms with van der Waals surface area (Å²) >= 11 is 0. The maximum absolute atomic E-state index is 13.0. The van der Waals surface area contributed by atoms with Gasteiger partial charge in [0.1, 0.15) is 0 Å². The van der Waals surface area contributed by atoms with Gasteiger partial charge in [-0.1, -0.05) is 12.1 Å². The molecule has 2 amide bonds. The van der Waals surface area contributed by atoms with E-state index in [4.69, 9.17) is 5.73 Å². The number of carbonyl (C=O) groups excluding carboxylic acids is 2. The zero-order valence-corrected chi connectivity index (χ0v) is 17.9. The molecule has 1 aromatic heterocycles. The predicted octanol–water partition coefficient (Wildman–Crippen LogP) is 3.15. The second-order valence-electron chi connectivity index (χ2n) is 8.12. The summed E-state index contributed by atoms with van der Waals surface area (Å²) in [5, 5.41) is 0. The molecule has 7 nitrogen and oxygen atoms in total. The molecule has 0 bridgehead atoms. The quantitative estimate of drug-likeness (QED) is 0.757. The minimum atomic E-state index is -0.0795. The lowest BCUT2D eigenvalue weighted by molar-refractivity contribution is -0.120. The molecule has 2 heterocycles. The minimum absolute atomic E-state index is 0.0346. The average molecular weight is 418 g/mol. The Morgan fingerprint density at radius 1 is 1.26 bits per heavy atom. The fourth-order valence-electron chi connectivity index (χ4n) is 4.00. The van der Waals surface area contributed by atoms with Crippen molar-refractivity contribution in [3.8, 4) is 0 Å². The summed E-state index contributed by atoms with van der Waals surface area (Å²) < 4.78 is 0. The van der Waals surface area contributed by atoms with Crippen LogP contribution in [0.5, 0.6) is 0 Å². The third-order valence-corrected chi connectivity index (χ3v) is 5.69. The summed E-state index contributed by atoms with van der Waals surface area (Å²) in [7, 11) is 0. The highest BCUT2D eigenvalue weighted by atomic mass is 16.2. The monoisotopic (exact) mass is 417 g/mol. The molecule has 1 fully saturated rings. The Balaban J connectivity index is 1.66. The number of rotatable bonds is 5. The number of hydrogen-bond acceptors (Lipinski definition) is 5. The topological polar surface area (TPSA) is 91.9 Å². The molecule has 160 valence electrons. The highest BCUT2D eigenvalue weighted by molar-refractivity contribution is 6.11. The maximum Gasteiger partial charge on any atom is 0.230 e. The van der Waals surface area contributed by atoms with Gasteiger partial charge in [0, 0.05) is 49.8 Å². The van der Waals surface area contributed by atoms with E-state index in [0.717, 1.165) is 40.9 Å². The number of anilines is 2. The largest absolute Gasteiger partial charge is 0.404 e. The number of benzene rings is 1. The number of nitrogens with zero attached hydrogens (tertiary/aromatic N) is 4. The molecular weight excluding hydrogens is 390 g/mol. The molecule has 4 rings (SSSR count). The van der Waals surface area contributed by atoms with E-state index >= 15 is 0 Å². The van der Waals surface area contributed by atoms with E-state index in [2.05, 4.69) is 9.98 Å². The van der Waals surface area contributed by atoms with Crippen molar-refractivity contribution in [1.82, 2.24) is 4.98 Å². The van der Waals surface area contributed by atoms with Gasteiger partial charge in [0.25, 0.3) is 0 Å². The third-order valence-electron chi connectivity index (χ3n) is 5.69. The number of pyridine rings is 1. The lowest BCUT2D eigenvalue weighted by Crippen LogP contribution is -2.51. The summed E-state index contributed by atoms with van der Waals surface area (Å²) in [4.78, 5) is 37.5. The standard InChI is InChI=1S/C24H27N5O2/c1-16-15-28(24(31)19-5-6-19)23-10-20(7-8-22(23)29(16)17(2)30)21(11-25)14-27-13-18-4-3-9-26-12-18/h3-4,7-12,14,16,19H,5-6,13,15,25H2,1-2H3. The summed E-state index contributed by atoms with van der Waals surface area (Å²) in [5.74, 6) is 0.197. The van der Waals surface area contributed by atoms with Gasteiger partial charge in [-0.15, -0.1) is 0 Å². The van der Waals surface area contributed by atoms with E-state index < -0.39 is 0 Å². The van der Waals surface area contributed by atoms with Crippen molar-refractivity contribution < 1.29 is 9.59 Å². The van der Waals surface area contributed by atoms with Crippen molar-refractivity contribution in [2.24, 2.45) is 16.6 Å². The first-order chi connectivity index (χ1) is 15.0. The van der Waals surface area contributed by atoms with Gasteiger partial charge in [-0.05, 0) is 49.1 Å². The number of fused-ring (bicyclic) bond motifs is 1. The fraction of sp³-hybridized carbons (Fsp3) is 0.333. The van der Waals surface area contributed by atoms with Crippen LogP contribution in [0, 0.1) is 5.92 Å². The molecule has 0 spiro atoms. The van der Waals surface area contributed by atoms with Crippen molar-refractivity contribution in [1.29, 1.82) is 0 Å². The van der Waals surface area contributed by atoms with Gasteiger partial charge in [0.15, 0.2) is 0 Å². The highest BCUT2D eigenvalue weighted by Gasteiger charge is 2.39. The van der Waals surface area contributed by atoms with Crippen LogP contribution in [0.15, 0.2) is 53.9 Å². The molecular formula is C24H27N5O2. The van der Waals surface area contributed by atoms with Crippen LogP contribution in [0.1, 0.15) is 37.8 Å². The number of aliphatic imine (C=N–C) groups is 1. The molecule has 1 saturated carbocycles. The van der Waals surface area contributed by atoms with E-state index in [-0.39, 0.29) is 23.8 Å². The molecule has 2 aromatic rings. The Morgan fingerprint density at radius 2 is 2.06 bits per heavy atom. The zero-order chi connectivity index (χ0) is 22.0. The van der Waals surface area contributed by atoms with Crippen LogP contribution in [0.4, 0.5) is 11.4 Å². The Labute approximate surface area is 182 Å². The van der Waals surface area contributed by atoms with E-state index in [1.54, 1.807) is 30.4 Å². The van der Waals surface area contributed by atoms with Gasteiger partial charge in [0.2, 0.25) is 11.8 Å². The first-order valence-electron chi connectivity index (χ1n) is 10.6. The number of aromatic nitrogens is 1. The summed E-state index contributed by atoms with van der Waals surface area (Å²) in [6, 6.07) is 9.51. The average Bonchev–Trinajstić information content (AvgIpc) is 3.61. The second kappa shape index (κ2) is 8.71. The van der Waals surface area contributed by atoms with Gasteiger partial charge in [0.05, 0.1) is 24.0 Å². The van der Waals surface area contributed by atoms with Gasteiger partial charge in [-0.3, -0.25) is 19.6 Å². The van der Waals surface area contributed by atoms with E-state index in [0.29, 0.717) is 13.1 Å². The van der Waals surface area contributed by atoms with Crippen molar-refractivity contribution in [3.63, 3.8) is 0 Å². The number of hydrogen-bond donors (Lipinski definition) is 1. The zero-order valence-electron chi connectivity index (χ0n) is 17.9. The predicted molar refractivity (Wildman–Crippen MR) is 123 cm³/mol. The first-order valence-corrected chi connectivity index (χ1v) is 10.6. The van der Waals surface area contributed by atoms with Gasteiger partial charge >= 0.3 is 0 Å². The number of allylic oxidation sites excluding steroid dienone is 1. The van der Waals surface area contributed by atoms with Crippen LogP contribution in [0.2, 0.25) is 0 Å². The Morgan fingerprint density at radius 3 is 2.71 bits per heavy atom. The van der Waals surface area contributed by atoms with Gasteiger partial charge < -0.3 is 15.5 Å². The lowest BCUT2D eigenvalue weighted by atomic mass is 10.0. The summed E-state index contributed by atoms with van der Waals surface area (Å²) in [5.41, 5.74) is 10.0. The van der Waals surface area contributed by atoms with Gasteiger partial charge in [-0.25, -0.2) is 0 Å². The third kappa shape index (κ3) is 4.35. The van der Waals surface area contributed by atoms with Crippen LogP contribution in [-0.2, 0) is 16.1 Å². The van der Waals surface area contributed by atoms with Crippen LogP contribution in [0.25, 0.3) is 5.57 Å². The van der Waals surface area contributed by atoms with Crippen LogP contribution >= 0.6 is 0 Å². The first kappa shape index (κ1) is 20.8. The van der Waals surface area contributed by atoms with E-state index in [1.165, 1.54) is 6.20 Å². The molecule has 1 atom stereocenters. The fourth-order valence-corrected chi connectivity index (χ4v) is 4.00. The Bertz CT molecular complexity index is 1040. The lowest BCUT2D eigenvalue weighted by Gasteiger charge is -2.41. The van der Waals surface area contributed by atoms with Crippen LogP contribution in [0.3, 0.4) is 0 Å². The molecule has 0 radical (unpaired) electrons. The maximum atomic E-state index is 13.0. The van der Waals surface area contributed by atoms with E-state index in [1.807, 2.05) is 42.2 Å². The molecule has 1 unspecified atom stereocenters. The molecule has 1 aliphatic heterocycles. The molecule has 31 heavy (non-hydrogen) atoms. The van der Waals surface area contributed by atoms with Crippen molar-refractivity contribution in [2.75, 3.05) is 16.3 Å². The molecule has 1 aromatic carbocycles.